The van der Waals surface area contributed by atoms with Crippen molar-refractivity contribution in [2.75, 3.05) is 13.1 Å². The van der Waals surface area contributed by atoms with Crippen LogP contribution in [-0.2, 0) is 14.4 Å². The van der Waals surface area contributed by atoms with E-state index in [-0.39, 0.29) is 19.5 Å². The fourth-order valence-corrected chi connectivity index (χ4v) is 2.96. The van der Waals surface area contributed by atoms with Crippen molar-refractivity contribution in [1.29, 1.82) is 0 Å². The third-order valence-electron chi connectivity index (χ3n) is 4.25. The third kappa shape index (κ3) is 6.96. The number of primary amides is 1. The zero-order valence-corrected chi connectivity index (χ0v) is 13.6. The topological polar surface area (TPSA) is 153 Å². The number of nitrogens with one attached hydrogen (secondary N) is 2. The Hall–Kier alpha value is -1.67. The summed E-state index contributed by atoms with van der Waals surface area (Å²) in [6.07, 6.45) is 6.42. The number of nitrogens with two attached hydrogens (primary N) is 3. The Morgan fingerprint density at radius 1 is 1.00 bits per heavy atom. The number of hydrogen-bond donors (Lipinski definition) is 5. The van der Waals surface area contributed by atoms with Gasteiger partial charge in [0.15, 0.2) is 0 Å². The molecule has 1 fully saturated rings. The monoisotopic (exact) mass is 327 g/mol. The van der Waals surface area contributed by atoms with Gasteiger partial charge in [-0.3, -0.25) is 14.4 Å². The summed E-state index contributed by atoms with van der Waals surface area (Å²) in [5, 5.41) is 5.16. The maximum Gasteiger partial charge on any atom is 0.243 e. The second-order valence-electron chi connectivity index (χ2n) is 6.10. The van der Waals surface area contributed by atoms with Crippen molar-refractivity contribution < 1.29 is 14.4 Å². The smallest absolute Gasteiger partial charge is 0.243 e. The molecule has 8 N–H and O–H groups in total. The molecule has 0 bridgehead atoms. The largest absolute Gasteiger partial charge is 0.368 e. The molecule has 0 radical (unpaired) electrons. The summed E-state index contributed by atoms with van der Waals surface area (Å²) < 4.78 is 0. The number of amides is 3. The summed E-state index contributed by atoms with van der Waals surface area (Å²) in [5.74, 6) is -1.05. The average Bonchev–Trinajstić information content (AvgIpc) is 2.54. The van der Waals surface area contributed by atoms with E-state index < -0.39 is 29.8 Å². The average molecular weight is 327 g/mol. The van der Waals surface area contributed by atoms with Gasteiger partial charge in [-0.15, -0.1) is 0 Å². The highest BCUT2D eigenvalue weighted by molar-refractivity contribution is 5.91. The van der Waals surface area contributed by atoms with Gasteiger partial charge in [0, 0.05) is 0 Å². The Kier molecular flexibility index (Phi) is 8.57. The van der Waals surface area contributed by atoms with Gasteiger partial charge in [-0.25, -0.2) is 0 Å². The molecular weight excluding hydrogens is 298 g/mol. The van der Waals surface area contributed by atoms with Crippen molar-refractivity contribution in [1.82, 2.24) is 10.6 Å². The van der Waals surface area contributed by atoms with Gasteiger partial charge in [0.1, 0.15) is 12.1 Å². The number of carbonyl (C=O) groups is 3. The minimum absolute atomic E-state index is 0.213. The van der Waals surface area contributed by atoms with Crippen LogP contribution in [0.1, 0.15) is 44.9 Å². The molecule has 0 heterocycles. The lowest BCUT2D eigenvalue weighted by Gasteiger charge is -2.27. The molecule has 132 valence electrons. The lowest BCUT2D eigenvalue weighted by molar-refractivity contribution is -0.131. The van der Waals surface area contributed by atoms with E-state index in [4.69, 9.17) is 17.2 Å². The maximum atomic E-state index is 12.3. The quantitative estimate of drug-likeness (QED) is 0.357. The predicted molar refractivity (Wildman–Crippen MR) is 87.0 cm³/mol. The molecule has 0 saturated heterocycles. The summed E-state index contributed by atoms with van der Waals surface area (Å²) in [5.41, 5.74) is 16.1. The van der Waals surface area contributed by atoms with Gasteiger partial charge in [-0.05, 0) is 25.3 Å². The van der Waals surface area contributed by atoms with Crippen molar-refractivity contribution >= 4 is 17.7 Å². The molecule has 8 heteroatoms. The van der Waals surface area contributed by atoms with Gasteiger partial charge in [-0.1, -0.05) is 32.1 Å². The molecule has 0 aromatic heterocycles. The number of carbonyl (C=O) groups excluding carboxylic acids is 3. The van der Waals surface area contributed by atoms with Crippen LogP contribution in [0.25, 0.3) is 0 Å². The van der Waals surface area contributed by atoms with E-state index in [1.807, 2.05) is 0 Å². The lowest BCUT2D eigenvalue weighted by Crippen LogP contribution is -2.54. The third-order valence-corrected chi connectivity index (χ3v) is 4.25. The van der Waals surface area contributed by atoms with Gasteiger partial charge in [0.2, 0.25) is 17.7 Å². The molecule has 0 spiro atoms. The number of hydrogen-bond acceptors (Lipinski definition) is 5. The van der Waals surface area contributed by atoms with Crippen LogP contribution < -0.4 is 27.8 Å². The maximum absolute atomic E-state index is 12.3. The lowest BCUT2D eigenvalue weighted by atomic mass is 9.84. The highest BCUT2D eigenvalue weighted by Crippen LogP contribution is 2.27. The first-order valence-electron chi connectivity index (χ1n) is 8.27. The second-order valence-corrected chi connectivity index (χ2v) is 6.10. The highest BCUT2D eigenvalue weighted by Gasteiger charge is 2.27. The van der Waals surface area contributed by atoms with Gasteiger partial charge >= 0.3 is 0 Å². The van der Waals surface area contributed by atoms with Crippen LogP contribution in [0.5, 0.6) is 0 Å². The first-order valence-corrected chi connectivity index (χ1v) is 8.27. The van der Waals surface area contributed by atoms with Crippen LogP contribution in [0.3, 0.4) is 0 Å². The molecule has 23 heavy (non-hydrogen) atoms. The van der Waals surface area contributed by atoms with Crippen molar-refractivity contribution in [2.45, 2.75) is 57.0 Å². The Balaban J connectivity index is 2.62. The molecule has 0 aliphatic heterocycles. The summed E-state index contributed by atoms with van der Waals surface area (Å²) in [7, 11) is 0. The Morgan fingerprint density at radius 2 is 1.65 bits per heavy atom. The minimum Gasteiger partial charge on any atom is -0.368 e. The van der Waals surface area contributed by atoms with E-state index in [9.17, 15) is 14.4 Å². The van der Waals surface area contributed by atoms with E-state index >= 15 is 0 Å². The van der Waals surface area contributed by atoms with Crippen LogP contribution >= 0.6 is 0 Å². The zero-order chi connectivity index (χ0) is 17.2. The molecular formula is C15H29N5O3. The molecule has 0 aromatic rings. The van der Waals surface area contributed by atoms with Gasteiger partial charge in [0.25, 0.3) is 0 Å². The molecule has 2 unspecified atom stereocenters. The van der Waals surface area contributed by atoms with Crippen molar-refractivity contribution in [3.05, 3.63) is 0 Å². The normalized spacial score (nSPS) is 18.0. The Bertz CT molecular complexity index is 410. The zero-order valence-electron chi connectivity index (χ0n) is 13.6. The highest BCUT2D eigenvalue weighted by atomic mass is 16.2. The predicted octanol–water partition coefficient (Wildman–Crippen LogP) is -1.28. The molecule has 1 aliphatic rings. The van der Waals surface area contributed by atoms with Crippen LogP contribution in [-0.4, -0.2) is 42.9 Å². The van der Waals surface area contributed by atoms with Gasteiger partial charge in [-0.2, -0.15) is 0 Å². The standard InChI is InChI=1S/C15H29N5O3/c16-7-6-11(19-13(21)9-17)15(23)20-12(14(18)22)8-10-4-2-1-3-5-10/h10-12H,1-9,16-17H2,(H2,18,22)(H,19,21)(H,20,23). The van der Waals surface area contributed by atoms with Crippen LogP contribution in [0.4, 0.5) is 0 Å². The number of rotatable bonds is 9. The fraction of sp³-hybridized carbons (Fsp3) is 0.800. The van der Waals surface area contributed by atoms with Crippen LogP contribution in [0, 0.1) is 5.92 Å². The summed E-state index contributed by atoms with van der Waals surface area (Å²) >= 11 is 0. The first kappa shape index (κ1) is 19.4. The van der Waals surface area contributed by atoms with E-state index in [0.29, 0.717) is 12.3 Å². The van der Waals surface area contributed by atoms with Crippen LogP contribution in [0.15, 0.2) is 0 Å². The second kappa shape index (κ2) is 10.2. The van der Waals surface area contributed by atoms with E-state index in [2.05, 4.69) is 10.6 Å². The van der Waals surface area contributed by atoms with Crippen molar-refractivity contribution in [2.24, 2.45) is 23.1 Å². The molecule has 1 aliphatic carbocycles. The van der Waals surface area contributed by atoms with Crippen molar-refractivity contribution in [3.8, 4) is 0 Å². The molecule has 2 atom stereocenters. The molecule has 3 amide bonds. The van der Waals surface area contributed by atoms with E-state index in [1.165, 1.54) is 6.42 Å². The molecule has 1 saturated carbocycles. The molecule has 8 nitrogen and oxygen atoms in total. The Morgan fingerprint density at radius 3 is 2.17 bits per heavy atom. The first-order chi connectivity index (χ1) is 11.0. The van der Waals surface area contributed by atoms with E-state index in [0.717, 1.165) is 25.7 Å². The van der Waals surface area contributed by atoms with E-state index in [1.54, 1.807) is 0 Å². The minimum atomic E-state index is -0.802. The fourth-order valence-electron chi connectivity index (χ4n) is 2.96. The molecule has 0 aromatic carbocycles. The molecule has 1 rings (SSSR count). The SMILES string of the molecule is NCCC(NC(=O)CN)C(=O)NC(CC1CCCCC1)C(N)=O. The van der Waals surface area contributed by atoms with Crippen molar-refractivity contribution in [3.63, 3.8) is 0 Å². The summed E-state index contributed by atoms with van der Waals surface area (Å²) in [6, 6.07) is -1.52. The van der Waals surface area contributed by atoms with Crippen LogP contribution in [0.2, 0.25) is 0 Å². The summed E-state index contributed by atoms with van der Waals surface area (Å²) in [6.45, 7) is 0.0163. The summed E-state index contributed by atoms with van der Waals surface area (Å²) in [4.78, 5) is 35.3. The Labute approximate surface area is 136 Å². The van der Waals surface area contributed by atoms with Gasteiger partial charge < -0.3 is 27.8 Å². The van der Waals surface area contributed by atoms with Gasteiger partial charge in [0.05, 0.1) is 6.54 Å².